The van der Waals surface area contributed by atoms with Crippen LogP contribution in [0.1, 0.15) is 27.2 Å². The molecular weight excluding hydrogens is 199 g/mol. The molecule has 1 saturated heterocycles. The fourth-order valence-electron chi connectivity index (χ4n) is 1.87. The van der Waals surface area contributed by atoms with Gasteiger partial charge in [-0.1, -0.05) is 13.8 Å². The minimum Gasteiger partial charge on any atom is -0.306 e. The summed E-state index contributed by atoms with van der Waals surface area (Å²) in [6.45, 7) is 9.87. The Morgan fingerprint density at radius 1 is 1.14 bits per heavy atom. The zero-order chi connectivity index (χ0) is 10.6. The molecule has 4 nitrogen and oxygen atoms in total. The first-order chi connectivity index (χ1) is 6.69. The van der Waals surface area contributed by atoms with Crippen LogP contribution >= 0.6 is 7.67 Å². The molecule has 0 aromatic rings. The Morgan fingerprint density at radius 3 is 2.00 bits per heavy atom. The summed E-state index contributed by atoms with van der Waals surface area (Å²) in [4.78, 5) is 0. The highest BCUT2D eigenvalue weighted by Gasteiger charge is 2.39. The van der Waals surface area contributed by atoms with Crippen LogP contribution in [0.3, 0.4) is 0 Å². The standard InChI is InChI=1S/C9H21N2O2P/c1-4-10-8-7-9-11(5-2)14(10,12)13-6-3/h4-9H2,1-3H3. The summed E-state index contributed by atoms with van der Waals surface area (Å²) in [7, 11) is -2.67. The number of rotatable bonds is 4. The summed E-state index contributed by atoms with van der Waals surface area (Å²) < 4.78 is 22.0. The summed E-state index contributed by atoms with van der Waals surface area (Å²) in [6.07, 6.45) is 1.08. The Bertz CT molecular complexity index is 207. The van der Waals surface area contributed by atoms with Crippen molar-refractivity contribution in [3.63, 3.8) is 0 Å². The van der Waals surface area contributed by atoms with Gasteiger partial charge in [-0.2, -0.15) is 0 Å². The molecule has 1 fully saturated rings. The maximum Gasteiger partial charge on any atom is 0.346 e. The van der Waals surface area contributed by atoms with E-state index in [2.05, 4.69) is 0 Å². The lowest BCUT2D eigenvalue weighted by atomic mass is 10.4. The Labute approximate surface area is 86.8 Å². The number of nitrogens with zero attached hydrogens (tertiary/aromatic N) is 2. The summed E-state index contributed by atoms with van der Waals surface area (Å²) in [5.41, 5.74) is 0. The lowest BCUT2D eigenvalue weighted by Crippen LogP contribution is -2.39. The molecular formula is C9H21N2O2P. The normalized spacial score (nSPS) is 23.9. The van der Waals surface area contributed by atoms with E-state index in [0.717, 1.165) is 32.6 Å². The van der Waals surface area contributed by atoms with Crippen LogP contribution in [0.15, 0.2) is 0 Å². The van der Waals surface area contributed by atoms with Crippen LogP contribution in [0, 0.1) is 0 Å². The highest BCUT2D eigenvalue weighted by atomic mass is 31.2. The van der Waals surface area contributed by atoms with Gasteiger partial charge in [-0.25, -0.2) is 9.34 Å². The molecule has 0 atom stereocenters. The van der Waals surface area contributed by atoms with Gasteiger partial charge in [0.05, 0.1) is 6.61 Å². The maximum atomic E-state index is 12.6. The molecule has 0 aromatic carbocycles. The molecule has 0 saturated carbocycles. The van der Waals surface area contributed by atoms with Gasteiger partial charge < -0.3 is 4.52 Å². The van der Waals surface area contributed by atoms with Gasteiger partial charge in [-0.3, -0.25) is 4.57 Å². The van der Waals surface area contributed by atoms with Crippen LogP contribution in [0.4, 0.5) is 0 Å². The van der Waals surface area contributed by atoms with E-state index in [4.69, 9.17) is 4.52 Å². The van der Waals surface area contributed by atoms with E-state index in [-0.39, 0.29) is 0 Å². The summed E-state index contributed by atoms with van der Waals surface area (Å²) in [6, 6.07) is 0. The SMILES string of the molecule is CCOP1(=O)N(CC)CCCN1CC. The zero-order valence-corrected chi connectivity index (χ0v) is 10.3. The van der Waals surface area contributed by atoms with E-state index in [1.165, 1.54) is 0 Å². The molecule has 0 bridgehead atoms. The molecule has 1 aliphatic rings. The summed E-state index contributed by atoms with van der Waals surface area (Å²) in [5, 5.41) is 0. The smallest absolute Gasteiger partial charge is 0.306 e. The highest BCUT2D eigenvalue weighted by Crippen LogP contribution is 2.55. The number of hydrogen-bond acceptors (Lipinski definition) is 2. The predicted octanol–water partition coefficient (Wildman–Crippen LogP) is 2.18. The predicted molar refractivity (Wildman–Crippen MR) is 58.3 cm³/mol. The molecule has 84 valence electrons. The first-order valence-electron chi connectivity index (χ1n) is 5.44. The van der Waals surface area contributed by atoms with Crippen LogP contribution in [-0.4, -0.2) is 42.1 Å². The van der Waals surface area contributed by atoms with Gasteiger partial charge in [-0.05, 0) is 13.3 Å². The van der Waals surface area contributed by atoms with E-state index in [1.54, 1.807) is 0 Å². The molecule has 1 heterocycles. The van der Waals surface area contributed by atoms with Gasteiger partial charge in [0.2, 0.25) is 0 Å². The van der Waals surface area contributed by atoms with Gasteiger partial charge in [0.15, 0.2) is 0 Å². The molecule has 0 unspecified atom stereocenters. The quantitative estimate of drug-likeness (QED) is 0.680. The molecule has 0 amide bonds. The van der Waals surface area contributed by atoms with Gasteiger partial charge >= 0.3 is 7.67 Å². The monoisotopic (exact) mass is 220 g/mol. The Kier molecular flexibility index (Phi) is 4.58. The van der Waals surface area contributed by atoms with Crippen molar-refractivity contribution in [2.24, 2.45) is 0 Å². The van der Waals surface area contributed by atoms with Crippen LogP contribution in [0.5, 0.6) is 0 Å². The first-order valence-corrected chi connectivity index (χ1v) is 6.97. The lowest BCUT2D eigenvalue weighted by molar-refractivity contribution is 0.191. The summed E-state index contributed by atoms with van der Waals surface area (Å²) in [5.74, 6) is 0. The Morgan fingerprint density at radius 2 is 1.64 bits per heavy atom. The molecule has 0 spiro atoms. The summed E-state index contributed by atoms with van der Waals surface area (Å²) >= 11 is 0. The van der Waals surface area contributed by atoms with E-state index in [1.807, 2.05) is 30.1 Å². The van der Waals surface area contributed by atoms with Crippen molar-refractivity contribution < 1.29 is 9.09 Å². The number of hydrogen-bond donors (Lipinski definition) is 0. The van der Waals surface area contributed by atoms with E-state index >= 15 is 0 Å². The Balaban J connectivity index is 2.82. The van der Waals surface area contributed by atoms with Crippen molar-refractivity contribution in [3.8, 4) is 0 Å². The van der Waals surface area contributed by atoms with Crippen molar-refractivity contribution in [1.29, 1.82) is 0 Å². The van der Waals surface area contributed by atoms with E-state index in [0.29, 0.717) is 6.61 Å². The first kappa shape index (κ1) is 12.2. The van der Waals surface area contributed by atoms with Crippen LogP contribution in [0.25, 0.3) is 0 Å². The molecule has 1 rings (SSSR count). The van der Waals surface area contributed by atoms with Crippen LogP contribution in [-0.2, 0) is 9.09 Å². The third kappa shape index (κ3) is 2.19. The van der Waals surface area contributed by atoms with Gasteiger partial charge in [-0.15, -0.1) is 0 Å². The largest absolute Gasteiger partial charge is 0.346 e. The molecule has 5 heteroatoms. The molecule has 0 N–H and O–H groups in total. The van der Waals surface area contributed by atoms with Crippen molar-refractivity contribution in [2.45, 2.75) is 27.2 Å². The minimum atomic E-state index is -2.67. The average Bonchev–Trinajstić information content (AvgIpc) is 2.18. The van der Waals surface area contributed by atoms with Crippen molar-refractivity contribution in [2.75, 3.05) is 32.8 Å². The van der Waals surface area contributed by atoms with Gasteiger partial charge in [0, 0.05) is 26.2 Å². The van der Waals surface area contributed by atoms with Crippen molar-refractivity contribution in [1.82, 2.24) is 9.34 Å². The third-order valence-corrected chi connectivity index (χ3v) is 5.56. The Hall–Kier alpha value is 0.110. The highest BCUT2D eigenvalue weighted by molar-refractivity contribution is 7.54. The third-order valence-electron chi connectivity index (χ3n) is 2.57. The average molecular weight is 220 g/mol. The van der Waals surface area contributed by atoms with Crippen LogP contribution < -0.4 is 0 Å². The zero-order valence-electron chi connectivity index (χ0n) is 9.40. The molecule has 0 aliphatic carbocycles. The van der Waals surface area contributed by atoms with E-state index < -0.39 is 7.67 Å². The fraction of sp³-hybridized carbons (Fsp3) is 1.00. The second-order valence-corrected chi connectivity index (χ2v) is 5.73. The van der Waals surface area contributed by atoms with Crippen molar-refractivity contribution >= 4 is 7.67 Å². The molecule has 14 heavy (non-hydrogen) atoms. The van der Waals surface area contributed by atoms with E-state index in [9.17, 15) is 4.57 Å². The van der Waals surface area contributed by atoms with Gasteiger partial charge in [0.1, 0.15) is 0 Å². The molecule has 1 aliphatic heterocycles. The topological polar surface area (TPSA) is 32.8 Å². The fourth-order valence-corrected chi connectivity index (χ4v) is 4.40. The van der Waals surface area contributed by atoms with Crippen LogP contribution in [0.2, 0.25) is 0 Å². The van der Waals surface area contributed by atoms with Crippen molar-refractivity contribution in [3.05, 3.63) is 0 Å². The minimum absolute atomic E-state index is 0.518. The molecule has 0 radical (unpaired) electrons. The molecule has 0 aromatic heterocycles. The second kappa shape index (κ2) is 5.26. The van der Waals surface area contributed by atoms with Gasteiger partial charge in [0.25, 0.3) is 0 Å². The second-order valence-electron chi connectivity index (χ2n) is 3.35. The maximum absolute atomic E-state index is 12.6. The lowest BCUT2D eigenvalue weighted by Gasteiger charge is -2.41.